The molecule has 0 aromatic heterocycles. The minimum absolute atomic E-state index is 0.347. The van der Waals surface area contributed by atoms with Crippen LogP contribution in [0.5, 0.6) is 0 Å². The summed E-state index contributed by atoms with van der Waals surface area (Å²) in [5.74, 6) is 1.77. The Morgan fingerprint density at radius 1 is 1.67 bits per heavy atom. The number of hydrogen-bond acceptors (Lipinski definition) is 3. The molecule has 0 spiro atoms. The number of nitrogens with two attached hydrogens (primary N) is 1. The smallest absolute Gasteiger partial charge is 0.0831 e. The highest BCUT2D eigenvalue weighted by Gasteiger charge is 2.16. The normalized spacial score (nSPS) is 17.3. The van der Waals surface area contributed by atoms with Gasteiger partial charge in [-0.2, -0.15) is 11.8 Å². The van der Waals surface area contributed by atoms with E-state index in [4.69, 9.17) is 5.73 Å². The highest BCUT2D eigenvalue weighted by molar-refractivity contribution is 7.99. The fourth-order valence-corrected chi connectivity index (χ4v) is 1.14. The van der Waals surface area contributed by atoms with Crippen molar-refractivity contribution in [3.63, 3.8) is 0 Å². The molecular formula is C6H15NOS. The molecule has 0 saturated heterocycles. The van der Waals surface area contributed by atoms with Crippen molar-refractivity contribution in [2.45, 2.75) is 19.4 Å². The fourth-order valence-electron chi connectivity index (χ4n) is 0.381. The Kier molecular flexibility index (Phi) is 4.27. The quantitative estimate of drug-likeness (QED) is 0.610. The van der Waals surface area contributed by atoms with E-state index < -0.39 is 5.60 Å². The van der Waals surface area contributed by atoms with Gasteiger partial charge in [0, 0.05) is 12.3 Å². The van der Waals surface area contributed by atoms with Crippen molar-refractivity contribution in [1.82, 2.24) is 0 Å². The Morgan fingerprint density at radius 3 is 2.56 bits per heavy atom. The van der Waals surface area contributed by atoms with E-state index in [2.05, 4.69) is 6.92 Å². The molecule has 1 atom stereocenters. The van der Waals surface area contributed by atoms with Gasteiger partial charge in [-0.3, -0.25) is 0 Å². The summed E-state index contributed by atoms with van der Waals surface area (Å²) >= 11 is 1.71. The standard InChI is InChI=1S/C6H15NOS/c1-3-9-5-6(2,8)4-7/h8H,3-5,7H2,1-2H3. The summed E-state index contributed by atoms with van der Waals surface area (Å²) in [6.45, 7) is 4.17. The van der Waals surface area contributed by atoms with Crippen molar-refractivity contribution in [1.29, 1.82) is 0 Å². The monoisotopic (exact) mass is 149 g/mol. The van der Waals surface area contributed by atoms with Crippen molar-refractivity contribution >= 4 is 11.8 Å². The van der Waals surface area contributed by atoms with Gasteiger partial charge in [-0.15, -0.1) is 0 Å². The summed E-state index contributed by atoms with van der Waals surface area (Å²) < 4.78 is 0. The second-order valence-corrected chi connectivity index (χ2v) is 3.61. The van der Waals surface area contributed by atoms with E-state index in [1.807, 2.05) is 0 Å². The molecule has 3 heteroatoms. The number of rotatable bonds is 4. The van der Waals surface area contributed by atoms with Gasteiger partial charge in [0.2, 0.25) is 0 Å². The largest absolute Gasteiger partial charge is 0.388 e. The first kappa shape index (κ1) is 9.27. The molecule has 1 unspecified atom stereocenters. The zero-order chi connectivity index (χ0) is 7.33. The molecule has 0 rings (SSSR count). The average molecular weight is 149 g/mol. The summed E-state index contributed by atoms with van der Waals surface area (Å²) in [7, 11) is 0. The minimum Gasteiger partial charge on any atom is -0.388 e. The summed E-state index contributed by atoms with van der Waals surface area (Å²) in [6, 6.07) is 0. The maximum atomic E-state index is 9.31. The third-order valence-corrected chi connectivity index (χ3v) is 2.29. The first-order valence-electron chi connectivity index (χ1n) is 3.12. The molecule has 0 heterocycles. The van der Waals surface area contributed by atoms with Crippen LogP contribution in [0.1, 0.15) is 13.8 Å². The molecular weight excluding hydrogens is 134 g/mol. The van der Waals surface area contributed by atoms with Crippen LogP contribution in [0.4, 0.5) is 0 Å². The number of aliphatic hydroxyl groups is 1. The molecule has 0 aliphatic rings. The lowest BCUT2D eigenvalue weighted by atomic mass is 10.1. The molecule has 0 aliphatic heterocycles. The van der Waals surface area contributed by atoms with Gasteiger partial charge in [-0.1, -0.05) is 6.92 Å². The molecule has 0 radical (unpaired) electrons. The van der Waals surface area contributed by atoms with Gasteiger partial charge in [0.15, 0.2) is 0 Å². The van der Waals surface area contributed by atoms with Crippen LogP contribution in [-0.4, -0.2) is 28.8 Å². The van der Waals surface area contributed by atoms with Crippen molar-refractivity contribution < 1.29 is 5.11 Å². The lowest BCUT2D eigenvalue weighted by Crippen LogP contribution is -2.36. The number of thioether (sulfide) groups is 1. The van der Waals surface area contributed by atoms with Gasteiger partial charge in [0.25, 0.3) is 0 Å². The molecule has 0 aromatic carbocycles. The van der Waals surface area contributed by atoms with E-state index >= 15 is 0 Å². The summed E-state index contributed by atoms with van der Waals surface area (Å²) in [5, 5.41) is 9.31. The van der Waals surface area contributed by atoms with E-state index in [-0.39, 0.29) is 0 Å². The zero-order valence-electron chi connectivity index (χ0n) is 6.05. The number of hydrogen-bond donors (Lipinski definition) is 2. The van der Waals surface area contributed by atoms with Crippen LogP contribution in [0, 0.1) is 0 Å². The average Bonchev–Trinajstić information content (AvgIpc) is 1.84. The molecule has 0 fully saturated rings. The first-order chi connectivity index (χ1) is 4.12. The van der Waals surface area contributed by atoms with E-state index in [0.29, 0.717) is 6.54 Å². The van der Waals surface area contributed by atoms with Gasteiger partial charge < -0.3 is 10.8 Å². The maximum Gasteiger partial charge on any atom is 0.0831 e. The molecule has 3 N–H and O–H groups in total. The summed E-state index contributed by atoms with van der Waals surface area (Å²) in [5.41, 5.74) is 4.62. The van der Waals surface area contributed by atoms with Crippen LogP contribution >= 0.6 is 11.8 Å². The SMILES string of the molecule is CCSCC(C)(O)CN. The van der Waals surface area contributed by atoms with Crippen molar-refractivity contribution in [3.05, 3.63) is 0 Å². The Morgan fingerprint density at radius 2 is 2.22 bits per heavy atom. The van der Waals surface area contributed by atoms with E-state index in [0.717, 1.165) is 11.5 Å². The Hall–Kier alpha value is 0.270. The second kappa shape index (κ2) is 4.14. The van der Waals surface area contributed by atoms with Gasteiger partial charge in [0.05, 0.1) is 5.60 Å². The molecule has 2 nitrogen and oxygen atoms in total. The Bertz CT molecular complexity index is 75.5. The van der Waals surface area contributed by atoms with Crippen molar-refractivity contribution in [2.75, 3.05) is 18.1 Å². The second-order valence-electron chi connectivity index (χ2n) is 2.34. The lowest BCUT2D eigenvalue weighted by molar-refractivity contribution is 0.0950. The molecule has 0 bridgehead atoms. The molecule has 0 aliphatic carbocycles. The van der Waals surface area contributed by atoms with Crippen LogP contribution in [0.25, 0.3) is 0 Å². The van der Waals surface area contributed by atoms with Crippen LogP contribution in [0.2, 0.25) is 0 Å². The highest BCUT2D eigenvalue weighted by Crippen LogP contribution is 2.10. The first-order valence-corrected chi connectivity index (χ1v) is 4.28. The summed E-state index contributed by atoms with van der Waals surface area (Å²) in [6.07, 6.45) is 0. The third kappa shape index (κ3) is 4.75. The molecule has 56 valence electrons. The summed E-state index contributed by atoms with van der Waals surface area (Å²) in [4.78, 5) is 0. The van der Waals surface area contributed by atoms with E-state index in [1.165, 1.54) is 0 Å². The third-order valence-electron chi connectivity index (χ3n) is 1.06. The molecule has 0 aromatic rings. The van der Waals surface area contributed by atoms with Crippen LogP contribution < -0.4 is 5.73 Å². The zero-order valence-corrected chi connectivity index (χ0v) is 6.87. The molecule has 0 saturated carbocycles. The van der Waals surface area contributed by atoms with E-state index in [1.54, 1.807) is 18.7 Å². The topological polar surface area (TPSA) is 46.2 Å². The highest BCUT2D eigenvalue weighted by atomic mass is 32.2. The van der Waals surface area contributed by atoms with Gasteiger partial charge in [0.1, 0.15) is 0 Å². The predicted molar refractivity (Wildman–Crippen MR) is 42.7 cm³/mol. The van der Waals surface area contributed by atoms with Gasteiger partial charge in [-0.05, 0) is 12.7 Å². The Balaban J connectivity index is 3.33. The van der Waals surface area contributed by atoms with Crippen molar-refractivity contribution in [2.24, 2.45) is 5.73 Å². The van der Waals surface area contributed by atoms with Gasteiger partial charge in [-0.25, -0.2) is 0 Å². The lowest BCUT2D eigenvalue weighted by Gasteiger charge is -2.19. The van der Waals surface area contributed by atoms with Crippen LogP contribution in [0.15, 0.2) is 0 Å². The predicted octanol–water partition coefficient (Wildman–Crippen LogP) is 0.449. The fraction of sp³-hybridized carbons (Fsp3) is 1.00. The Labute approximate surface area is 60.8 Å². The van der Waals surface area contributed by atoms with Gasteiger partial charge >= 0.3 is 0 Å². The van der Waals surface area contributed by atoms with Crippen molar-refractivity contribution in [3.8, 4) is 0 Å². The van der Waals surface area contributed by atoms with E-state index in [9.17, 15) is 5.11 Å². The molecule has 9 heavy (non-hydrogen) atoms. The molecule has 0 amide bonds. The maximum absolute atomic E-state index is 9.31. The minimum atomic E-state index is -0.666. The van der Waals surface area contributed by atoms with Crippen LogP contribution in [0.3, 0.4) is 0 Å². The van der Waals surface area contributed by atoms with Crippen LogP contribution in [-0.2, 0) is 0 Å².